The molecule has 1 atom stereocenters. The number of hydrogen-bond donors (Lipinski definition) is 2. The molecule has 0 fully saturated rings. The third-order valence-corrected chi connectivity index (χ3v) is 0.723. The highest BCUT2D eigenvalue weighted by molar-refractivity contribution is 7.32. The number of nitrogens with two attached hydrogens (primary N) is 1. The summed E-state index contributed by atoms with van der Waals surface area (Å²) in [5.74, 6) is 0. The molecule has 0 aromatic carbocycles. The number of hydrogen-bond acceptors (Lipinski definition) is 3. The van der Waals surface area contributed by atoms with Gasteiger partial charge < -0.3 is 5.73 Å². The normalized spacial score (nSPS) is 11.4. The van der Waals surface area contributed by atoms with Crippen LogP contribution in [0.5, 0.6) is 0 Å². The minimum atomic E-state index is -2.44. The molecule has 3 N–H and O–H groups in total. The first-order valence-electron chi connectivity index (χ1n) is 1.76. The van der Waals surface area contributed by atoms with Gasteiger partial charge in [0.1, 0.15) is 0 Å². The van der Waals surface area contributed by atoms with Gasteiger partial charge in [0, 0.05) is 6.54 Å². The summed E-state index contributed by atoms with van der Waals surface area (Å²) in [5, 5.41) is 0. The van der Waals surface area contributed by atoms with Crippen molar-refractivity contribution >= 4 is 8.25 Å². The molecule has 0 aliphatic rings. The molecular weight excluding hydrogens is 117 g/mol. The summed E-state index contributed by atoms with van der Waals surface area (Å²) in [6.07, 6.45) is 0. The summed E-state index contributed by atoms with van der Waals surface area (Å²) in [6, 6.07) is 0. The van der Waals surface area contributed by atoms with Crippen LogP contribution in [-0.4, -0.2) is 18.0 Å². The van der Waals surface area contributed by atoms with Crippen LogP contribution in [0.25, 0.3) is 0 Å². The van der Waals surface area contributed by atoms with E-state index in [4.69, 9.17) is 10.6 Å². The molecule has 0 saturated heterocycles. The maximum absolute atomic E-state index is 9.63. The van der Waals surface area contributed by atoms with Gasteiger partial charge in [-0.15, -0.1) is 0 Å². The molecule has 0 aromatic heterocycles. The van der Waals surface area contributed by atoms with Crippen LogP contribution < -0.4 is 5.73 Å². The lowest BCUT2D eigenvalue weighted by Crippen LogP contribution is -2.04. The van der Waals surface area contributed by atoms with Crippen LogP contribution >= 0.6 is 8.25 Å². The van der Waals surface area contributed by atoms with Gasteiger partial charge in [0.15, 0.2) is 0 Å². The molecule has 1 unspecified atom stereocenters. The van der Waals surface area contributed by atoms with Crippen molar-refractivity contribution in [3.05, 3.63) is 0 Å². The maximum atomic E-state index is 9.63. The fraction of sp³-hybridized carbons (Fsp3) is 1.00. The van der Waals surface area contributed by atoms with Crippen LogP contribution in [0.1, 0.15) is 0 Å². The summed E-state index contributed by atoms with van der Waals surface area (Å²) in [7, 11) is -2.44. The molecule has 4 nitrogen and oxygen atoms in total. The fourth-order valence-electron chi connectivity index (χ4n) is 0.131. The predicted octanol–water partition coefficient (Wildman–Crippen LogP) is -0.389. The van der Waals surface area contributed by atoms with Crippen LogP contribution in [0.4, 0.5) is 0 Å². The Balaban J connectivity index is 2.82. The van der Waals surface area contributed by atoms with E-state index in [1.807, 2.05) is 0 Å². The van der Waals surface area contributed by atoms with Crippen molar-refractivity contribution in [1.82, 2.24) is 0 Å². The molecule has 0 saturated carbocycles. The summed E-state index contributed by atoms with van der Waals surface area (Å²) in [6.45, 7) is 0.424. The molecule has 1 radical (unpaired) electrons. The lowest BCUT2D eigenvalue weighted by Gasteiger charge is -1.89. The third kappa shape index (κ3) is 5.98. The highest BCUT2D eigenvalue weighted by atomic mass is 31.1. The van der Waals surface area contributed by atoms with E-state index >= 15 is 0 Å². The Morgan fingerprint density at radius 2 is 2.43 bits per heavy atom. The second kappa shape index (κ2) is 4.15. The van der Waals surface area contributed by atoms with Crippen LogP contribution in [0.15, 0.2) is 0 Å². The van der Waals surface area contributed by atoms with Gasteiger partial charge >= 0.3 is 8.25 Å². The second-order valence-electron chi connectivity index (χ2n) is 0.860. The summed E-state index contributed by atoms with van der Waals surface area (Å²) < 4.78 is 13.8. The van der Waals surface area contributed by atoms with E-state index < -0.39 is 8.25 Å². The second-order valence-corrected chi connectivity index (χ2v) is 1.59. The Morgan fingerprint density at radius 1 is 1.86 bits per heavy atom. The average Bonchev–Trinajstić information content (AvgIpc) is 1.61. The van der Waals surface area contributed by atoms with E-state index in [-0.39, 0.29) is 13.2 Å². The average molecular weight is 124 g/mol. The Hall–Kier alpha value is -0.0200. The van der Waals surface area contributed by atoms with E-state index in [0.29, 0.717) is 0 Å². The quantitative estimate of drug-likeness (QED) is 0.502. The van der Waals surface area contributed by atoms with E-state index in [1.54, 1.807) is 0 Å². The van der Waals surface area contributed by atoms with Gasteiger partial charge in [0.2, 0.25) is 0 Å². The van der Waals surface area contributed by atoms with Gasteiger partial charge in [-0.2, -0.15) is 0 Å². The first kappa shape index (κ1) is 6.98. The Morgan fingerprint density at radius 3 is 2.57 bits per heavy atom. The molecule has 0 heterocycles. The molecule has 43 valence electrons. The first-order chi connectivity index (χ1) is 3.27. The Kier molecular flexibility index (Phi) is 4.14. The van der Waals surface area contributed by atoms with Crippen molar-refractivity contribution in [3.63, 3.8) is 0 Å². The van der Waals surface area contributed by atoms with Crippen molar-refractivity contribution in [1.29, 1.82) is 0 Å². The van der Waals surface area contributed by atoms with Gasteiger partial charge in [-0.25, -0.2) is 4.57 Å². The zero-order chi connectivity index (χ0) is 5.70. The summed E-state index contributed by atoms with van der Waals surface area (Å²) in [5.41, 5.74) is 4.91. The van der Waals surface area contributed by atoms with Crippen molar-refractivity contribution in [2.75, 3.05) is 13.2 Å². The van der Waals surface area contributed by atoms with Gasteiger partial charge in [-0.3, -0.25) is 9.42 Å². The van der Waals surface area contributed by atoms with Crippen LogP contribution in [0.3, 0.4) is 0 Å². The lowest BCUT2D eigenvalue weighted by molar-refractivity contribution is 0.289. The highest BCUT2D eigenvalue weighted by Gasteiger charge is 1.88. The minimum Gasteiger partial charge on any atom is -0.328 e. The minimum absolute atomic E-state index is 0.145. The van der Waals surface area contributed by atoms with E-state index in [2.05, 4.69) is 4.52 Å². The molecule has 0 rings (SSSR count). The molecule has 0 aromatic rings. The molecule has 0 amide bonds. The molecule has 0 aliphatic heterocycles. The SMILES string of the molecule is NCCO[P](=O)O. The lowest BCUT2D eigenvalue weighted by atomic mass is 10.8. The van der Waals surface area contributed by atoms with E-state index in [0.717, 1.165) is 0 Å². The molecule has 7 heavy (non-hydrogen) atoms. The van der Waals surface area contributed by atoms with E-state index in [1.165, 1.54) is 0 Å². The van der Waals surface area contributed by atoms with E-state index in [9.17, 15) is 4.57 Å². The van der Waals surface area contributed by atoms with Crippen molar-refractivity contribution in [2.45, 2.75) is 0 Å². The summed E-state index contributed by atoms with van der Waals surface area (Å²) >= 11 is 0. The zero-order valence-corrected chi connectivity index (χ0v) is 4.60. The smallest absolute Gasteiger partial charge is 0.328 e. The molecule has 0 aliphatic carbocycles. The topological polar surface area (TPSA) is 72.5 Å². The first-order valence-corrected chi connectivity index (χ1v) is 2.89. The van der Waals surface area contributed by atoms with Crippen molar-refractivity contribution < 1.29 is 14.0 Å². The van der Waals surface area contributed by atoms with Gasteiger partial charge in [-0.1, -0.05) is 0 Å². The predicted molar refractivity (Wildman–Crippen MR) is 24.8 cm³/mol. The fourth-order valence-corrected chi connectivity index (χ4v) is 0.392. The third-order valence-electron chi connectivity index (χ3n) is 0.320. The zero-order valence-electron chi connectivity index (χ0n) is 3.70. The number of rotatable bonds is 3. The van der Waals surface area contributed by atoms with Crippen molar-refractivity contribution in [3.8, 4) is 0 Å². The standard InChI is InChI=1S/C2H7NO3P/c3-1-2-6-7(4)5/h1-3H2,(H,4,5). The Labute approximate surface area is 42.2 Å². The van der Waals surface area contributed by atoms with Crippen molar-refractivity contribution in [2.24, 2.45) is 5.73 Å². The highest BCUT2D eigenvalue weighted by Crippen LogP contribution is 2.12. The van der Waals surface area contributed by atoms with Crippen LogP contribution in [0, 0.1) is 0 Å². The molecule has 5 heteroatoms. The summed E-state index contributed by atoms with van der Waals surface area (Å²) in [4.78, 5) is 7.91. The largest absolute Gasteiger partial charge is 0.366 e. The van der Waals surface area contributed by atoms with Crippen LogP contribution in [0.2, 0.25) is 0 Å². The van der Waals surface area contributed by atoms with Gasteiger partial charge in [0.05, 0.1) is 6.61 Å². The monoisotopic (exact) mass is 124 g/mol. The van der Waals surface area contributed by atoms with Crippen LogP contribution in [-0.2, 0) is 9.09 Å². The van der Waals surface area contributed by atoms with Gasteiger partial charge in [0.25, 0.3) is 0 Å². The molecule has 0 bridgehead atoms. The Bertz CT molecular complexity index is 66.0. The molecule has 0 spiro atoms. The molecular formula is C2H7NO3P. The maximum Gasteiger partial charge on any atom is 0.366 e. The van der Waals surface area contributed by atoms with Gasteiger partial charge in [-0.05, 0) is 0 Å².